The van der Waals surface area contributed by atoms with Gasteiger partial charge in [0.05, 0.1) is 0 Å². The molecule has 1 unspecified atom stereocenters. The minimum Gasteiger partial charge on any atom is -0.295 e. The van der Waals surface area contributed by atoms with Gasteiger partial charge in [0.2, 0.25) is 0 Å². The van der Waals surface area contributed by atoms with Gasteiger partial charge in [0.25, 0.3) is 0 Å². The van der Waals surface area contributed by atoms with Gasteiger partial charge in [-0.05, 0) is 30.2 Å². The lowest BCUT2D eigenvalue weighted by Gasteiger charge is -2.27. The quantitative estimate of drug-likeness (QED) is 0.709. The van der Waals surface area contributed by atoms with Crippen LogP contribution in [0, 0.1) is 11.3 Å². The van der Waals surface area contributed by atoms with Crippen LogP contribution in [0.3, 0.4) is 0 Å². The van der Waals surface area contributed by atoms with E-state index in [9.17, 15) is 0 Å². The molecule has 1 nitrogen and oxygen atoms in total. The fourth-order valence-corrected chi connectivity index (χ4v) is 2.81. The van der Waals surface area contributed by atoms with E-state index in [2.05, 4.69) is 49.1 Å². The Morgan fingerprint density at radius 1 is 1.27 bits per heavy atom. The number of likely N-dealkylation sites (tertiary alicyclic amines) is 1. The average Bonchev–Trinajstić information content (AvgIpc) is 2.77. The zero-order chi connectivity index (χ0) is 10.5. The second-order valence-corrected chi connectivity index (χ2v) is 5.33. The summed E-state index contributed by atoms with van der Waals surface area (Å²) in [4.78, 5) is 2.61. The van der Waals surface area contributed by atoms with Crippen molar-refractivity contribution >= 4 is 0 Å². The predicted molar refractivity (Wildman–Crippen MR) is 62.4 cm³/mol. The summed E-state index contributed by atoms with van der Waals surface area (Å²) in [6.45, 7) is 7.22. The number of fused-ring (bicyclic) bond motifs is 1. The molecule has 1 radical (unpaired) electrons. The maximum absolute atomic E-state index is 2.61. The van der Waals surface area contributed by atoms with Crippen LogP contribution in [0.5, 0.6) is 0 Å². The molecule has 1 heterocycles. The highest BCUT2D eigenvalue weighted by Crippen LogP contribution is 2.60. The van der Waals surface area contributed by atoms with Crippen molar-refractivity contribution in [2.45, 2.75) is 26.3 Å². The van der Waals surface area contributed by atoms with E-state index >= 15 is 0 Å². The van der Waals surface area contributed by atoms with Gasteiger partial charge in [-0.15, -0.1) is 0 Å². The summed E-state index contributed by atoms with van der Waals surface area (Å²) in [7, 11) is 0. The summed E-state index contributed by atoms with van der Waals surface area (Å²) in [5.74, 6) is 1.77. The van der Waals surface area contributed by atoms with Crippen molar-refractivity contribution in [3.8, 4) is 0 Å². The van der Waals surface area contributed by atoms with Crippen LogP contribution < -0.4 is 0 Å². The van der Waals surface area contributed by atoms with Gasteiger partial charge in [-0.2, -0.15) is 0 Å². The van der Waals surface area contributed by atoms with Crippen molar-refractivity contribution in [1.82, 2.24) is 4.90 Å². The molecule has 1 saturated heterocycles. The van der Waals surface area contributed by atoms with E-state index < -0.39 is 0 Å². The van der Waals surface area contributed by atoms with Gasteiger partial charge in [0.1, 0.15) is 0 Å². The van der Waals surface area contributed by atoms with Crippen LogP contribution in [0.1, 0.15) is 31.9 Å². The first-order valence-electron chi connectivity index (χ1n) is 5.83. The molecule has 15 heavy (non-hydrogen) atoms. The van der Waals surface area contributed by atoms with E-state index in [-0.39, 0.29) is 0 Å². The molecule has 1 heteroatoms. The Bertz CT molecular complexity index is 359. The lowest BCUT2D eigenvalue weighted by Crippen LogP contribution is -2.27. The number of benzene rings is 1. The van der Waals surface area contributed by atoms with Crippen LogP contribution in [0.15, 0.2) is 30.3 Å². The average molecular weight is 200 g/mol. The second-order valence-electron chi connectivity index (χ2n) is 5.33. The molecular formula is C14H18N. The van der Waals surface area contributed by atoms with E-state index in [0.717, 1.165) is 0 Å². The Kier molecular flexibility index (Phi) is 1.93. The standard InChI is InChI=1S/C14H18N/c1-11(12-6-4-3-5-7-12)15-9-13-8-14(13,2)10-15/h3-7,11H,8-10H2,1-2H3/t11-,14?/m1/s1. The molecule has 0 amide bonds. The van der Waals surface area contributed by atoms with E-state index in [0.29, 0.717) is 11.5 Å². The molecule has 3 rings (SSSR count). The number of rotatable bonds is 2. The fraction of sp³-hybridized carbons (Fsp3) is 0.500. The minimum absolute atomic E-state index is 0.573. The summed E-state index contributed by atoms with van der Waals surface area (Å²) in [6.07, 6.45) is 1.38. The normalized spacial score (nSPS) is 32.7. The van der Waals surface area contributed by atoms with Crippen LogP contribution in [0.25, 0.3) is 0 Å². The van der Waals surface area contributed by atoms with Gasteiger partial charge in [0, 0.05) is 19.1 Å². The lowest BCUT2D eigenvalue weighted by atomic mass is 10.1. The number of hydrogen-bond donors (Lipinski definition) is 0. The van der Waals surface area contributed by atoms with Crippen LogP contribution in [0.4, 0.5) is 0 Å². The molecule has 0 spiro atoms. The number of hydrogen-bond acceptors (Lipinski definition) is 1. The molecular weight excluding hydrogens is 182 g/mol. The minimum atomic E-state index is 0.573. The number of piperidine rings is 1. The third kappa shape index (κ3) is 1.50. The van der Waals surface area contributed by atoms with Crippen LogP contribution >= 0.6 is 0 Å². The van der Waals surface area contributed by atoms with Crippen LogP contribution in [-0.4, -0.2) is 18.0 Å². The Morgan fingerprint density at radius 2 is 2.00 bits per heavy atom. The van der Waals surface area contributed by atoms with Crippen molar-refractivity contribution < 1.29 is 0 Å². The zero-order valence-corrected chi connectivity index (χ0v) is 9.53. The molecule has 1 aliphatic carbocycles. The molecule has 0 aromatic heterocycles. The first kappa shape index (κ1) is 9.41. The molecule has 0 N–H and O–H groups in total. The van der Waals surface area contributed by atoms with E-state index in [1.54, 1.807) is 5.92 Å². The van der Waals surface area contributed by atoms with Gasteiger partial charge in [0.15, 0.2) is 0 Å². The van der Waals surface area contributed by atoms with Crippen LogP contribution in [-0.2, 0) is 0 Å². The van der Waals surface area contributed by atoms with Crippen molar-refractivity contribution in [3.05, 3.63) is 41.8 Å². The maximum Gasteiger partial charge on any atom is 0.0320 e. The summed E-state index contributed by atoms with van der Waals surface area (Å²) >= 11 is 0. The summed E-state index contributed by atoms with van der Waals surface area (Å²) < 4.78 is 0. The number of nitrogens with zero attached hydrogens (tertiary/aromatic N) is 1. The van der Waals surface area contributed by atoms with Gasteiger partial charge < -0.3 is 0 Å². The topological polar surface area (TPSA) is 3.24 Å². The van der Waals surface area contributed by atoms with Crippen molar-refractivity contribution in [2.24, 2.45) is 5.41 Å². The molecule has 2 atom stereocenters. The highest BCUT2D eigenvalue weighted by Gasteiger charge is 2.57. The van der Waals surface area contributed by atoms with Crippen molar-refractivity contribution in [1.29, 1.82) is 0 Å². The monoisotopic (exact) mass is 200 g/mol. The predicted octanol–water partition coefficient (Wildman–Crippen LogP) is 3.05. The highest BCUT2D eigenvalue weighted by atomic mass is 15.2. The second kappa shape index (κ2) is 3.08. The first-order valence-corrected chi connectivity index (χ1v) is 5.83. The van der Waals surface area contributed by atoms with Crippen molar-refractivity contribution in [2.75, 3.05) is 13.1 Å². The summed E-state index contributed by atoms with van der Waals surface area (Å²) in [5.41, 5.74) is 2.03. The molecule has 1 aromatic rings. The zero-order valence-electron chi connectivity index (χ0n) is 9.53. The van der Waals surface area contributed by atoms with E-state index in [1.165, 1.54) is 25.1 Å². The SMILES string of the molecule is C[C@H](c1ccccc1)N1C[C]2CC2(C)C1. The summed E-state index contributed by atoms with van der Waals surface area (Å²) in [6, 6.07) is 11.4. The Labute approximate surface area is 92.1 Å². The van der Waals surface area contributed by atoms with Gasteiger partial charge in [-0.3, -0.25) is 4.90 Å². The Balaban J connectivity index is 1.74. The Hall–Kier alpha value is -0.820. The Morgan fingerprint density at radius 3 is 2.60 bits per heavy atom. The fourth-order valence-electron chi connectivity index (χ4n) is 2.81. The molecule has 2 fully saturated rings. The van der Waals surface area contributed by atoms with E-state index in [4.69, 9.17) is 0 Å². The van der Waals surface area contributed by atoms with Crippen LogP contribution in [0.2, 0.25) is 0 Å². The highest BCUT2D eigenvalue weighted by molar-refractivity contribution is 5.31. The molecule has 79 valence electrons. The largest absolute Gasteiger partial charge is 0.295 e. The third-order valence-electron chi connectivity index (χ3n) is 4.11. The molecule has 1 aromatic carbocycles. The van der Waals surface area contributed by atoms with Gasteiger partial charge in [-0.1, -0.05) is 37.3 Å². The third-order valence-corrected chi connectivity index (χ3v) is 4.11. The van der Waals surface area contributed by atoms with Gasteiger partial charge in [-0.25, -0.2) is 0 Å². The van der Waals surface area contributed by atoms with Crippen molar-refractivity contribution in [3.63, 3.8) is 0 Å². The first-order chi connectivity index (χ1) is 7.19. The molecule has 1 aliphatic heterocycles. The molecule has 0 bridgehead atoms. The molecule has 1 saturated carbocycles. The van der Waals surface area contributed by atoms with E-state index in [1.807, 2.05) is 0 Å². The summed E-state index contributed by atoms with van der Waals surface area (Å²) in [5, 5.41) is 0. The smallest absolute Gasteiger partial charge is 0.0320 e. The van der Waals surface area contributed by atoms with Gasteiger partial charge >= 0.3 is 0 Å². The maximum atomic E-state index is 2.61. The lowest BCUT2D eigenvalue weighted by molar-refractivity contribution is 0.227. The molecule has 2 aliphatic rings.